The van der Waals surface area contributed by atoms with E-state index in [1.807, 2.05) is 23.6 Å². The molecule has 1 unspecified atom stereocenters. The van der Waals surface area contributed by atoms with E-state index < -0.39 is 12.1 Å². The first-order valence-electron chi connectivity index (χ1n) is 7.65. The molecule has 2 rings (SSSR count). The van der Waals surface area contributed by atoms with Crippen molar-refractivity contribution in [2.75, 3.05) is 20.8 Å². The minimum atomic E-state index is -0.637. The van der Waals surface area contributed by atoms with Crippen LogP contribution in [0.5, 0.6) is 11.5 Å². The number of methoxy groups -OCH3 is 2. The molecule has 134 valence electrons. The second kappa shape index (κ2) is 9.19. The van der Waals surface area contributed by atoms with Gasteiger partial charge < -0.3 is 18.9 Å². The molecular weight excluding hydrogens is 342 g/mol. The number of hydrogen-bond acceptors (Lipinski definition) is 7. The molecule has 0 aliphatic heterocycles. The van der Waals surface area contributed by atoms with Crippen molar-refractivity contribution in [1.82, 2.24) is 4.98 Å². The van der Waals surface area contributed by atoms with Gasteiger partial charge in [0.1, 0.15) is 11.6 Å². The molecule has 0 saturated heterocycles. The summed E-state index contributed by atoms with van der Waals surface area (Å²) in [6, 6.07) is 5.59. The third kappa shape index (κ3) is 5.04. The van der Waals surface area contributed by atoms with E-state index in [9.17, 15) is 4.79 Å². The van der Waals surface area contributed by atoms with E-state index in [4.69, 9.17) is 18.9 Å². The number of carbonyl (C=O) groups is 1. The lowest BCUT2D eigenvalue weighted by Gasteiger charge is -2.10. The third-order valence-electron chi connectivity index (χ3n) is 3.34. The van der Waals surface area contributed by atoms with Crippen LogP contribution in [-0.2, 0) is 20.9 Å². The monoisotopic (exact) mass is 363 g/mol. The molecular formula is C18H21NO5S. The Bertz CT molecular complexity index is 728. The van der Waals surface area contributed by atoms with Crippen molar-refractivity contribution in [3.63, 3.8) is 0 Å². The largest absolute Gasteiger partial charge is 0.493 e. The van der Waals surface area contributed by atoms with Crippen molar-refractivity contribution >= 4 is 17.3 Å². The summed E-state index contributed by atoms with van der Waals surface area (Å²) in [5.74, 6) is 0.865. The minimum absolute atomic E-state index is 0.102. The number of esters is 1. The lowest BCUT2D eigenvalue weighted by Crippen LogP contribution is -2.23. The maximum Gasteiger partial charge on any atom is 0.335 e. The van der Waals surface area contributed by atoms with Crippen LogP contribution < -0.4 is 9.47 Å². The second-order valence-electron chi connectivity index (χ2n) is 5.09. The van der Waals surface area contributed by atoms with Crippen LogP contribution in [-0.4, -0.2) is 37.9 Å². The summed E-state index contributed by atoms with van der Waals surface area (Å²) < 4.78 is 21.0. The topological polar surface area (TPSA) is 66.9 Å². The highest BCUT2D eigenvalue weighted by atomic mass is 32.1. The van der Waals surface area contributed by atoms with Gasteiger partial charge in [-0.15, -0.1) is 17.9 Å². The van der Waals surface area contributed by atoms with Gasteiger partial charge in [-0.3, -0.25) is 0 Å². The summed E-state index contributed by atoms with van der Waals surface area (Å²) in [6.45, 7) is 5.58. The molecule has 0 spiro atoms. The zero-order chi connectivity index (χ0) is 18.2. The van der Waals surface area contributed by atoms with Crippen LogP contribution in [0.25, 0.3) is 10.6 Å². The van der Waals surface area contributed by atoms with Crippen LogP contribution in [0.15, 0.2) is 36.2 Å². The van der Waals surface area contributed by atoms with E-state index in [1.54, 1.807) is 27.2 Å². The van der Waals surface area contributed by atoms with Gasteiger partial charge in [0.2, 0.25) is 0 Å². The zero-order valence-corrected chi connectivity index (χ0v) is 15.3. The number of thiazole rings is 1. The highest BCUT2D eigenvalue weighted by Gasteiger charge is 2.15. The Balaban J connectivity index is 2.00. The van der Waals surface area contributed by atoms with Crippen molar-refractivity contribution in [1.29, 1.82) is 0 Å². The number of rotatable bonds is 9. The maximum absolute atomic E-state index is 11.8. The smallest absolute Gasteiger partial charge is 0.335 e. The highest BCUT2D eigenvalue weighted by Crippen LogP contribution is 2.33. The normalized spacial score (nSPS) is 11.6. The quantitative estimate of drug-likeness (QED) is 0.502. The molecule has 0 saturated carbocycles. The Morgan fingerprint density at radius 2 is 2.08 bits per heavy atom. The van der Waals surface area contributed by atoms with Crippen molar-refractivity contribution in [3.8, 4) is 22.1 Å². The van der Waals surface area contributed by atoms with Crippen molar-refractivity contribution in [3.05, 3.63) is 41.9 Å². The molecule has 1 aromatic carbocycles. The summed E-state index contributed by atoms with van der Waals surface area (Å²) in [5, 5.41) is 2.66. The van der Waals surface area contributed by atoms with Crippen LogP contribution in [0.1, 0.15) is 12.6 Å². The number of ether oxygens (including phenoxy) is 4. The molecule has 0 aliphatic rings. The van der Waals surface area contributed by atoms with Gasteiger partial charge >= 0.3 is 5.97 Å². The number of carbonyl (C=O) groups excluding carboxylic acids is 1. The zero-order valence-electron chi connectivity index (χ0n) is 14.5. The fourth-order valence-electron chi connectivity index (χ4n) is 2.02. The molecule has 0 aliphatic carbocycles. The van der Waals surface area contributed by atoms with Crippen molar-refractivity contribution in [2.45, 2.75) is 19.6 Å². The van der Waals surface area contributed by atoms with Gasteiger partial charge in [-0.25, -0.2) is 9.78 Å². The van der Waals surface area contributed by atoms with Crippen LogP contribution >= 0.6 is 11.3 Å². The average molecular weight is 363 g/mol. The molecule has 0 amide bonds. The lowest BCUT2D eigenvalue weighted by atomic mass is 10.2. The summed E-state index contributed by atoms with van der Waals surface area (Å²) in [5.41, 5.74) is 1.59. The van der Waals surface area contributed by atoms with Crippen LogP contribution in [0.3, 0.4) is 0 Å². The third-order valence-corrected chi connectivity index (χ3v) is 4.28. The highest BCUT2D eigenvalue weighted by molar-refractivity contribution is 7.13. The number of benzene rings is 1. The van der Waals surface area contributed by atoms with Crippen LogP contribution in [0.2, 0.25) is 0 Å². The molecule has 0 N–H and O–H groups in total. The SMILES string of the molecule is C=CCOC(C)C(=O)OCc1csc(-c2ccc(OC)c(OC)c2)n1. The van der Waals surface area contributed by atoms with Crippen molar-refractivity contribution in [2.24, 2.45) is 0 Å². The maximum atomic E-state index is 11.8. The van der Waals surface area contributed by atoms with E-state index in [-0.39, 0.29) is 6.61 Å². The Hall–Kier alpha value is -2.38. The van der Waals surface area contributed by atoms with E-state index in [0.29, 0.717) is 23.8 Å². The van der Waals surface area contributed by atoms with Gasteiger partial charge in [0, 0.05) is 10.9 Å². The molecule has 1 atom stereocenters. The van der Waals surface area contributed by atoms with Gasteiger partial charge in [0.15, 0.2) is 17.6 Å². The van der Waals surface area contributed by atoms with Gasteiger partial charge in [0.25, 0.3) is 0 Å². The summed E-state index contributed by atoms with van der Waals surface area (Å²) in [4.78, 5) is 16.3. The summed E-state index contributed by atoms with van der Waals surface area (Å²) >= 11 is 1.47. The lowest BCUT2D eigenvalue weighted by molar-refractivity contribution is -0.156. The summed E-state index contributed by atoms with van der Waals surface area (Å²) in [6.07, 6.45) is 0.946. The molecule has 1 aromatic heterocycles. The predicted octanol–water partition coefficient (Wildman–Crippen LogP) is 3.46. The van der Waals surface area contributed by atoms with Crippen LogP contribution in [0, 0.1) is 0 Å². The molecule has 0 fully saturated rings. The van der Waals surface area contributed by atoms with E-state index in [2.05, 4.69) is 11.6 Å². The Morgan fingerprint density at radius 3 is 2.76 bits per heavy atom. The fourth-order valence-corrected chi connectivity index (χ4v) is 2.82. The number of aromatic nitrogens is 1. The Labute approximate surface area is 151 Å². The molecule has 7 heteroatoms. The van der Waals surface area contributed by atoms with Crippen LogP contribution in [0.4, 0.5) is 0 Å². The van der Waals surface area contributed by atoms with Gasteiger partial charge in [-0.2, -0.15) is 0 Å². The Morgan fingerprint density at radius 1 is 1.32 bits per heavy atom. The fraction of sp³-hybridized carbons (Fsp3) is 0.333. The van der Waals surface area contributed by atoms with Gasteiger partial charge in [-0.1, -0.05) is 6.08 Å². The average Bonchev–Trinajstić information content (AvgIpc) is 3.12. The number of hydrogen-bond donors (Lipinski definition) is 0. The molecule has 0 radical (unpaired) electrons. The second-order valence-corrected chi connectivity index (χ2v) is 5.94. The molecule has 25 heavy (non-hydrogen) atoms. The Kier molecular flexibility index (Phi) is 6.97. The molecule has 2 aromatic rings. The van der Waals surface area contributed by atoms with Crippen molar-refractivity contribution < 1.29 is 23.7 Å². The van der Waals surface area contributed by atoms with E-state index >= 15 is 0 Å². The molecule has 1 heterocycles. The van der Waals surface area contributed by atoms with E-state index in [0.717, 1.165) is 10.6 Å². The minimum Gasteiger partial charge on any atom is -0.493 e. The molecule has 6 nitrogen and oxygen atoms in total. The standard InChI is InChI=1S/C18H21NO5S/c1-5-8-23-12(2)18(20)24-10-14-11-25-17(19-14)13-6-7-15(21-3)16(9-13)22-4/h5-7,9,11-12H,1,8,10H2,2-4H3. The van der Waals surface area contributed by atoms with Gasteiger partial charge in [0.05, 0.1) is 26.5 Å². The predicted molar refractivity (Wildman–Crippen MR) is 96.1 cm³/mol. The van der Waals surface area contributed by atoms with E-state index in [1.165, 1.54) is 11.3 Å². The molecule has 0 bridgehead atoms. The number of nitrogens with zero attached hydrogens (tertiary/aromatic N) is 1. The van der Waals surface area contributed by atoms with Gasteiger partial charge in [-0.05, 0) is 25.1 Å². The first-order valence-corrected chi connectivity index (χ1v) is 8.53. The summed E-state index contributed by atoms with van der Waals surface area (Å²) in [7, 11) is 3.18. The first-order chi connectivity index (χ1) is 12.1. The first kappa shape index (κ1) is 19.0.